The fourth-order valence-corrected chi connectivity index (χ4v) is 4.51. The minimum Gasteiger partial charge on any atom is -0.487 e. The van der Waals surface area contributed by atoms with Crippen LogP contribution in [0.3, 0.4) is 0 Å². The minimum absolute atomic E-state index is 0.0124. The van der Waals surface area contributed by atoms with Crippen LogP contribution in [0.25, 0.3) is 0 Å². The molecule has 1 atom stereocenters. The van der Waals surface area contributed by atoms with Crippen molar-refractivity contribution in [3.05, 3.63) is 95.0 Å². The van der Waals surface area contributed by atoms with Gasteiger partial charge in [0.1, 0.15) is 35.2 Å². The molecule has 4 rings (SSSR count). The van der Waals surface area contributed by atoms with Crippen molar-refractivity contribution in [2.24, 2.45) is 0 Å². The lowest BCUT2D eigenvalue weighted by atomic mass is 9.95. The zero-order valence-electron chi connectivity index (χ0n) is 20.6. The first-order chi connectivity index (χ1) is 17.8. The van der Waals surface area contributed by atoms with E-state index in [4.69, 9.17) is 16.3 Å². The normalized spacial score (nSPS) is 18.3. The Bertz CT molecular complexity index is 1350. The van der Waals surface area contributed by atoms with E-state index in [1.807, 2.05) is 0 Å². The Labute approximate surface area is 221 Å². The monoisotopic (exact) mass is 554 g/mol. The van der Waals surface area contributed by atoms with E-state index in [0.717, 1.165) is 12.4 Å². The van der Waals surface area contributed by atoms with E-state index >= 15 is 0 Å². The summed E-state index contributed by atoms with van der Waals surface area (Å²) in [4.78, 5) is 10.6. The van der Waals surface area contributed by atoms with Gasteiger partial charge >= 0.3 is 6.18 Å². The van der Waals surface area contributed by atoms with E-state index in [2.05, 4.69) is 9.97 Å². The summed E-state index contributed by atoms with van der Waals surface area (Å²) in [7, 11) is 0. The van der Waals surface area contributed by atoms with Crippen molar-refractivity contribution in [1.29, 1.82) is 0 Å². The molecule has 1 unspecified atom stereocenters. The average molecular weight is 555 g/mol. The van der Waals surface area contributed by atoms with Crippen LogP contribution in [0.5, 0.6) is 0 Å². The first kappa shape index (κ1) is 27.6. The minimum atomic E-state index is -4.69. The van der Waals surface area contributed by atoms with Crippen molar-refractivity contribution in [1.82, 2.24) is 9.97 Å². The van der Waals surface area contributed by atoms with Gasteiger partial charge in [-0.25, -0.2) is 13.8 Å². The maximum absolute atomic E-state index is 14.0. The number of nitrogens with zero attached hydrogens (tertiary/aromatic N) is 4. The van der Waals surface area contributed by atoms with Crippen molar-refractivity contribution in [2.75, 3.05) is 16.3 Å². The molecule has 0 radical (unpaired) electrons. The van der Waals surface area contributed by atoms with Crippen LogP contribution in [0.1, 0.15) is 32.0 Å². The summed E-state index contributed by atoms with van der Waals surface area (Å²) in [5, 5.41) is 10.4. The molecule has 2 aromatic heterocycles. The summed E-state index contributed by atoms with van der Waals surface area (Å²) in [5.74, 6) is -1.24. The Morgan fingerprint density at radius 1 is 1.16 bits per heavy atom. The van der Waals surface area contributed by atoms with Gasteiger partial charge in [0.15, 0.2) is 5.82 Å². The number of halogens is 6. The summed E-state index contributed by atoms with van der Waals surface area (Å²) < 4.78 is 74.4. The molecule has 38 heavy (non-hydrogen) atoms. The predicted molar refractivity (Wildman–Crippen MR) is 133 cm³/mol. The summed E-state index contributed by atoms with van der Waals surface area (Å²) in [6, 6.07) is 1.97. The van der Waals surface area contributed by atoms with Crippen LogP contribution in [0, 0.1) is 11.6 Å². The maximum atomic E-state index is 14.0. The van der Waals surface area contributed by atoms with Gasteiger partial charge < -0.3 is 19.6 Å². The van der Waals surface area contributed by atoms with E-state index in [9.17, 15) is 27.1 Å². The lowest BCUT2D eigenvalue weighted by Gasteiger charge is -2.36. The summed E-state index contributed by atoms with van der Waals surface area (Å²) in [5.41, 5.74) is -2.48. The highest BCUT2D eigenvalue weighted by Crippen LogP contribution is 2.41. The number of hydrogen-bond acceptors (Lipinski definition) is 6. The van der Waals surface area contributed by atoms with E-state index in [1.165, 1.54) is 28.0 Å². The van der Waals surface area contributed by atoms with Gasteiger partial charge in [-0.3, -0.25) is 4.98 Å². The third-order valence-corrected chi connectivity index (χ3v) is 6.42. The van der Waals surface area contributed by atoms with Crippen LogP contribution in [0.4, 0.5) is 33.5 Å². The number of ether oxygens (including phenoxy) is 1. The summed E-state index contributed by atoms with van der Waals surface area (Å²) >= 11 is 6.57. The highest BCUT2D eigenvalue weighted by molar-refractivity contribution is 6.24. The molecule has 0 saturated carbocycles. The van der Waals surface area contributed by atoms with Crippen LogP contribution in [-0.4, -0.2) is 32.7 Å². The smallest absolute Gasteiger partial charge is 0.419 e. The molecule has 0 bridgehead atoms. The molecule has 0 aromatic carbocycles. The lowest BCUT2D eigenvalue weighted by molar-refractivity contribution is -0.137. The fourth-order valence-electron chi connectivity index (χ4n) is 4.01. The van der Waals surface area contributed by atoms with Gasteiger partial charge in [-0.05, 0) is 44.6 Å². The summed E-state index contributed by atoms with van der Waals surface area (Å²) in [6.07, 6.45) is 4.81. The first-order valence-corrected chi connectivity index (χ1v) is 11.9. The molecule has 0 aliphatic carbocycles. The van der Waals surface area contributed by atoms with Crippen molar-refractivity contribution in [3.63, 3.8) is 0 Å². The van der Waals surface area contributed by atoms with Crippen molar-refractivity contribution in [2.45, 2.75) is 44.7 Å². The van der Waals surface area contributed by atoms with Crippen LogP contribution >= 0.6 is 11.6 Å². The number of aromatic nitrogens is 2. The van der Waals surface area contributed by atoms with Gasteiger partial charge in [-0.2, -0.15) is 13.2 Å². The second kappa shape index (κ2) is 10.4. The number of allylic oxidation sites excluding steroid dienone is 4. The number of aliphatic hydroxyl groups is 1. The molecule has 12 heteroatoms. The third kappa shape index (κ3) is 5.83. The van der Waals surface area contributed by atoms with E-state index in [-0.39, 0.29) is 30.4 Å². The fraction of sp³-hybridized carbons (Fsp3) is 0.308. The first-order valence-electron chi connectivity index (χ1n) is 11.5. The number of alkyl halides is 4. The van der Waals surface area contributed by atoms with Crippen molar-refractivity contribution >= 4 is 23.1 Å². The van der Waals surface area contributed by atoms with Gasteiger partial charge in [0, 0.05) is 36.8 Å². The Morgan fingerprint density at radius 3 is 2.53 bits per heavy atom. The standard InChI is InChI=1S/C26H24ClF5N4O2/c1-15-9-17(38-14-21-20(29)10-16(28)12-33-21)6-8-35(15)22-11-23(34-13-19(22)26(30,31)32)36-7-4-5-18(24(36)27)25(2,3)37/h4-7,9-13,24,37H,8,14H2,1-3H3. The molecule has 1 N–H and O–H groups in total. The van der Waals surface area contributed by atoms with Gasteiger partial charge in [0.25, 0.3) is 0 Å². The molecule has 2 aliphatic heterocycles. The highest BCUT2D eigenvalue weighted by Gasteiger charge is 2.38. The van der Waals surface area contributed by atoms with Gasteiger partial charge in [-0.1, -0.05) is 17.7 Å². The Morgan fingerprint density at radius 2 is 1.89 bits per heavy atom. The second-order valence-corrected chi connectivity index (χ2v) is 9.61. The quantitative estimate of drug-likeness (QED) is 0.261. The Balaban J connectivity index is 1.60. The van der Waals surface area contributed by atoms with Crippen LogP contribution < -0.4 is 9.80 Å². The molecule has 0 amide bonds. The van der Waals surface area contributed by atoms with Crippen molar-refractivity contribution in [3.8, 4) is 0 Å². The van der Waals surface area contributed by atoms with E-state index in [1.54, 1.807) is 39.1 Å². The zero-order valence-corrected chi connectivity index (χ0v) is 21.4. The molecular weight excluding hydrogens is 531 g/mol. The molecule has 6 nitrogen and oxygen atoms in total. The molecule has 0 fully saturated rings. The molecule has 4 heterocycles. The SMILES string of the molecule is CC1=CC(OCc2ncc(F)cc2F)=CCN1c1cc(N2C=CC=C(C(C)(C)O)C2Cl)ncc1C(F)(F)F. The lowest BCUT2D eigenvalue weighted by Crippen LogP contribution is -2.39. The molecule has 2 aliphatic rings. The topological polar surface area (TPSA) is 61.7 Å². The third-order valence-electron chi connectivity index (χ3n) is 5.97. The predicted octanol–water partition coefficient (Wildman–Crippen LogP) is 6.19. The molecule has 0 spiro atoms. The van der Waals surface area contributed by atoms with Crippen molar-refractivity contribution < 1.29 is 31.8 Å². The van der Waals surface area contributed by atoms with Crippen LogP contribution in [0.15, 0.2) is 72.1 Å². The van der Waals surface area contributed by atoms with Gasteiger partial charge in [0.05, 0.1) is 23.0 Å². The van der Waals surface area contributed by atoms with Crippen LogP contribution in [0.2, 0.25) is 0 Å². The second-order valence-electron chi connectivity index (χ2n) is 9.20. The Hall–Kier alpha value is -3.44. The van der Waals surface area contributed by atoms with Crippen LogP contribution in [-0.2, 0) is 17.5 Å². The zero-order chi connectivity index (χ0) is 27.8. The Kier molecular flexibility index (Phi) is 7.53. The molecule has 202 valence electrons. The van der Waals surface area contributed by atoms with Gasteiger partial charge in [-0.15, -0.1) is 0 Å². The summed E-state index contributed by atoms with van der Waals surface area (Å²) in [6.45, 7) is 4.45. The average Bonchev–Trinajstić information content (AvgIpc) is 2.82. The number of rotatable bonds is 6. The molecular formula is C26H24ClF5N4O2. The maximum Gasteiger partial charge on any atom is 0.419 e. The van der Waals surface area contributed by atoms with Gasteiger partial charge in [0.2, 0.25) is 0 Å². The number of pyridine rings is 2. The number of anilines is 2. The molecule has 2 aromatic rings. The van der Waals surface area contributed by atoms with E-state index in [0.29, 0.717) is 23.1 Å². The largest absolute Gasteiger partial charge is 0.487 e. The molecule has 0 saturated heterocycles. The van der Waals surface area contributed by atoms with E-state index < -0.39 is 34.5 Å². The highest BCUT2D eigenvalue weighted by atomic mass is 35.5. The number of hydrogen-bond donors (Lipinski definition) is 1.